The Bertz CT molecular complexity index is 1250. The Hall–Kier alpha value is -3.77. The largest absolute Gasteiger partial charge is 0.416 e. The van der Waals surface area contributed by atoms with Crippen molar-refractivity contribution in [2.45, 2.75) is 56.2 Å². The minimum absolute atomic E-state index is 0.0442. The third kappa shape index (κ3) is 6.02. The van der Waals surface area contributed by atoms with Crippen molar-refractivity contribution in [1.82, 2.24) is 30.2 Å². The van der Waals surface area contributed by atoms with E-state index in [0.29, 0.717) is 44.5 Å². The predicted molar refractivity (Wildman–Crippen MR) is 140 cm³/mol. The highest BCUT2D eigenvalue weighted by Crippen LogP contribution is 2.44. The second-order valence-corrected chi connectivity index (χ2v) is 10.7. The van der Waals surface area contributed by atoms with Crippen LogP contribution in [0.15, 0.2) is 30.5 Å². The second kappa shape index (κ2) is 11.4. The van der Waals surface area contributed by atoms with Gasteiger partial charge in [-0.25, -0.2) is 9.59 Å². The van der Waals surface area contributed by atoms with Gasteiger partial charge in [0.15, 0.2) is 0 Å². The van der Waals surface area contributed by atoms with Crippen LogP contribution < -0.4 is 16.4 Å². The number of benzene rings is 1. The molecule has 4 N–H and O–H groups in total. The lowest BCUT2D eigenvalue weighted by molar-refractivity contribution is -0.138. The van der Waals surface area contributed by atoms with Gasteiger partial charge in [0.1, 0.15) is 0 Å². The van der Waals surface area contributed by atoms with Crippen molar-refractivity contribution in [3.8, 4) is 0 Å². The van der Waals surface area contributed by atoms with Crippen LogP contribution in [-0.2, 0) is 6.18 Å². The SMILES string of the molecule is NC(=O)NCCNC(=O)N1CCC(n2ncc(C(=O)N3CC[C@@H](c4ccccc4C(F)(F)F)C3)c2C2CC2)CC1. The molecular weight excluding hydrogens is 527 g/mol. The molecule has 1 aromatic carbocycles. The Kier molecular flexibility index (Phi) is 7.90. The number of likely N-dealkylation sites (tertiary alicyclic amines) is 2. The predicted octanol–water partition coefficient (Wildman–Crippen LogP) is 3.42. The topological polar surface area (TPSA) is 126 Å². The summed E-state index contributed by atoms with van der Waals surface area (Å²) in [5.74, 6) is -0.311. The number of nitrogens with one attached hydrogen (secondary N) is 2. The number of amides is 5. The maximum Gasteiger partial charge on any atom is 0.416 e. The van der Waals surface area contributed by atoms with Gasteiger partial charge in [-0.1, -0.05) is 18.2 Å². The molecule has 216 valence electrons. The minimum Gasteiger partial charge on any atom is -0.352 e. The van der Waals surface area contributed by atoms with E-state index in [0.717, 1.165) is 24.6 Å². The van der Waals surface area contributed by atoms with Crippen molar-refractivity contribution in [3.05, 3.63) is 52.8 Å². The summed E-state index contributed by atoms with van der Waals surface area (Å²) in [6.07, 6.45) is 0.946. The molecule has 1 aliphatic carbocycles. The van der Waals surface area contributed by atoms with Crippen molar-refractivity contribution in [2.24, 2.45) is 5.73 Å². The van der Waals surface area contributed by atoms with Crippen LogP contribution in [0.25, 0.3) is 0 Å². The van der Waals surface area contributed by atoms with Gasteiger partial charge < -0.3 is 26.2 Å². The Morgan fingerprint density at radius 1 is 0.925 bits per heavy atom. The highest BCUT2D eigenvalue weighted by atomic mass is 19.4. The van der Waals surface area contributed by atoms with Crippen molar-refractivity contribution in [3.63, 3.8) is 0 Å². The van der Waals surface area contributed by atoms with Crippen LogP contribution in [0.3, 0.4) is 0 Å². The molecule has 3 aliphatic rings. The number of carbonyl (C=O) groups excluding carboxylic acids is 3. The molecule has 1 atom stereocenters. The Balaban J connectivity index is 1.23. The summed E-state index contributed by atoms with van der Waals surface area (Å²) in [5.41, 5.74) is 6.07. The first-order chi connectivity index (χ1) is 19.1. The van der Waals surface area contributed by atoms with Gasteiger partial charge in [0.25, 0.3) is 5.91 Å². The van der Waals surface area contributed by atoms with E-state index in [1.54, 1.807) is 22.1 Å². The Morgan fingerprint density at radius 2 is 1.60 bits per heavy atom. The molecule has 10 nitrogen and oxygen atoms in total. The molecular formula is C27H34F3N7O3. The first kappa shape index (κ1) is 27.8. The highest BCUT2D eigenvalue weighted by molar-refractivity contribution is 5.95. The van der Waals surface area contributed by atoms with E-state index in [9.17, 15) is 27.6 Å². The van der Waals surface area contributed by atoms with Gasteiger partial charge >= 0.3 is 18.2 Å². The number of nitrogens with zero attached hydrogens (tertiary/aromatic N) is 4. The summed E-state index contributed by atoms with van der Waals surface area (Å²) < 4.78 is 42.7. The number of piperidine rings is 1. The number of urea groups is 2. The smallest absolute Gasteiger partial charge is 0.352 e. The van der Waals surface area contributed by atoms with Gasteiger partial charge in [0.05, 0.1) is 29.1 Å². The van der Waals surface area contributed by atoms with Crippen molar-refractivity contribution in [2.75, 3.05) is 39.3 Å². The summed E-state index contributed by atoms with van der Waals surface area (Å²) in [4.78, 5) is 40.2. The van der Waals surface area contributed by atoms with E-state index in [1.807, 2.05) is 4.68 Å². The zero-order chi connectivity index (χ0) is 28.4. The van der Waals surface area contributed by atoms with Crippen LogP contribution in [0.2, 0.25) is 0 Å². The van der Waals surface area contributed by atoms with Gasteiger partial charge in [-0.2, -0.15) is 18.3 Å². The molecule has 2 saturated heterocycles. The number of halogens is 3. The van der Waals surface area contributed by atoms with Crippen LogP contribution in [0.4, 0.5) is 22.8 Å². The van der Waals surface area contributed by atoms with E-state index in [2.05, 4.69) is 15.7 Å². The molecule has 0 bridgehead atoms. The second-order valence-electron chi connectivity index (χ2n) is 10.7. The average molecular weight is 562 g/mol. The molecule has 3 fully saturated rings. The number of rotatable bonds is 7. The number of carbonyl (C=O) groups is 3. The lowest BCUT2D eigenvalue weighted by atomic mass is 9.93. The molecule has 13 heteroatoms. The van der Waals surface area contributed by atoms with Crippen LogP contribution in [0.1, 0.15) is 77.2 Å². The molecule has 1 aromatic heterocycles. The normalized spacial score (nSPS) is 20.0. The van der Waals surface area contributed by atoms with Crippen LogP contribution in [0, 0.1) is 0 Å². The van der Waals surface area contributed by atoms with Gasteiger partial charge in [-0.05, 0) is 43.7 Å². The molecule has 3 heterocycles. The van der Waals surface area contributed by atoms with E-state index >= 15 is 0 Å². The summed E-state index contributed by atoms with van der Waals surface area (Å²) in [5, 5.41) is 9.80. The number of alkyl halides is 3. The lowest BCUT2D eigenvalue weighted by Gasteiger charge is -2.33. The van der Waals surface area contributed by atoms with Crippen molar-refractivity contribution >= 4 is 18.0 Å². The maximum absolute atomic E-state index is 13.6. The number of primary amides is 1. The van der Waals surface area contributed by atoms with Crippen LogP contribution in [0.5, 0.6) is 0 Å². The fourth-order valence-corrected chi connectivity index (χ4v) is 5.85. The summed E-state index contributed by atoms with van der Waals surface area (Å²) in [7, 11) is 0. The van der Waals surface area contributed by atoms with E-state index in [-0.39, 0.29) is 55.0 Å². The number of nitrogens with two attached hydrogens (primary N) is 1. The highest BCUT2D eigenvalue weighted by Gasteiger charge is 2.40. The summed E-state index contributed by atoms with van der Waals surface area (Å²) in [6.45, 7) is 2.21. The quantitative estimate of drug-likeness (QED) is 0.448. The van der Waals surface area contributed by atoms with Gasteiger partial charge in [0.2, 0.25) is 0 Å². The maximum atomic E-state index is 13.6. The fourth-order valence-electron chi connectivity index (χ4n) is 5.85. The Morgan fingerprint density at radius 3 is 2.27 bits per heavy atom. The molecule has 2 aromatic rings. The van der Waals surface area contributed by atoms with Gasteiger partial charge in [-0.15, -0.1) is 0 Å². The molecule has 0 radical (unpaired) electrons. The monoisotopic (exact) mass is 561 g/mol. The fraction of sp³-hybridized carbons (Fsp3) is 0.556. The van der Waals surface area contributed by atoms with Crippen LogP contribution >= 0.6 is 0 Å². The molecule has 40 heavy (non-hydrogen) atoms. The number of hydrogen-bond acceptors (Lipinski definition) is 4. The lowest BCUT2D eigenvalue weighted by Crippen LogP contribution is -2.47. The zero-order valence-electron chi connectivity index (χ0n) is 22.1. The molecule has 0 unspecified atom stereocenters. The van der Waals surface area contributed by atoms with Gasteiger partial charge in [-0.3, -0.25) is 9.48 Å². The zero-order valence-corrected chi connectivity index (χ0v) is 22.1. The van der Waals surface area contributed by atoms with Crippen LogP contribution in [-0.4, -0.2) is 76.8 Å². The molecule has 5 rings (SSSR count). The first-order valence-corrected chi connectivity index (χ1v) is 13.7. The van der Waals surface area contributed by atoms with E-state index in [1.165, 1.54) is 12.1 Å². The average Bonchev–Trinajstić information content (AvgIpc) is 3.48. The van der Waals surface area contributed by atoms with E-state index < -0.39 is 17.8 Å². The summed E-state index contributed by atoms with van der Waals surface area (Å²) in [6, 6.07) is 4.81. The number of aromatic nitrogens is 2. The van der Waals surface area contributed by atoms with Crippen molar-refractivity contribution < 1.29 is 27.6 Å². The molecule has 5 amide bonds. The summed E-state index contributed by atoms with van der Waals surface area (Å²) >= 11 is 0. The third-order valence-corrected chi connectivity index (χ3v) is 8.01. The van der Waals surface area contributed by atoms with Gasteiger partial charge in [0, 0.05) is 51.1 Å². The molecule has 1 saturated carbocycles. The molecule has 2 aliphatic heterocycles. The third-order valence-electron chi connectivity index (χ3n) is 8.01. The Labute approximate surface area is 230 Å². The minimum atomic E-state index is -4.44. The van der Waals surface area contributed by atoms with E-state index in [4.69, 9.17) is 5.73 Å². The van der Waals surface area contributed by atoms with Crippen molar-refractivity contribution in [1.29, 1.82) is 0 Å². The number of hydrogen-bond donors (Lipinski definition) is 3. The first-order valence-electron chi connectivity index (χ1n) is 13.7. The standard InChI is InChI=1S/C27H34F3N7O3/c28-27(29,30)22-4-2-1-3-20(22)18-7-12-36(16-18)24(38)21-15-34-37(23(21)17-5-6-17)19-8-13-35(14-9-19)26(40)33-11-10-32-25(31)39/h1-4,15,17-19H,5-14,16H2,(H,33,40)(H3,31,32,39)/t18-/m1/s1. The molecule has 0 spiro atoms.